The quantitative estimate of drug-likeness (QED) is 0.870. The van der Waals surface area contributed by atoms with E-state index in [1.54, 1.807) is 0 Å². The molecule has 0 aliphatic carbocycles. The van der Waals surface area contributed by atoms with E-state index < -0.39 is 0 Å². The van der Waals surface area contributed by atoms with Crippen LogP contribution in [0.3, 0.4) is 0 Å². The minimum Gasteiger partial charge on any atom is -0.382 e. The number of nitrogens with zero attached hydrogens (tertiary/aromatic N) is 1. The van der Waals surface area contributed by atoms with Crippen molar-refractivity contribution in [3.63, 3.8) is 0 Å². The summed E-state index contributed by atoms with van der Waals surface area (Å²) < 4.78 is 0. The highest BCUT2D eigenvalue weighted by Gasteiger charge is 2.16. The van der Waals surface area contributed by atoms with Gasteiger partial charge in [-0.25, -0.2) is 0 Å². The first-order chi connectivity index (χ1) is 8.83. The second kappa shape index (κ2) is 5.06. The summed E-state index contributed by atoms with van der Waals surface area (Å²) >= 11 is 2.06. The summed E-state index contributed by atoms with van der Waals surface area (Å²) in [7, 11) is 0. The van der Waals surface area contributed by atoms with Gasteiger partial charge in [-0.05, 0) is 47.5 Å². The van der Waals surface area contributed by atoms with Crippen molar-refractivity contribution in [3.05, 3.63) is 35.9 Å². The molecule has 0 amide bonds. The van der Waals surface area contributed by atoms with E-state index in [2.05, 4.69) is 46.2 Å². The largest absolute Gasteiger partial charge is 0.382 e. The number of hydrogen-bond acceptors (Lipinski definition) is 3. The molecule has 18 heavy (non-hydrogen) atoms. The van der Waals surface area contributed by atoms with E-state index in [1.165, 1.54) is 35.5 Å². The number of nitrogen functional groups attached to an aromatic ring is 1. The molecular weight excluding hydrogens is 242 g/mol. The van der Waals surface area contributed by atoms with Gasteiger partial charge in [0, 0.05) is 6.07 Å². The van der Waals surface area contributed by atoms with Gasteiger partial charge < -0.3 is 5.73 Å². The first-order valence-electron chi connectivity index (χ1n) is 6.32. The van der Waals surface area contributed by atoms with Gasteiger partial charge in [0.05, 0.1) is 5.69 Å². The highest BCUT2D eigenvalue weighted by molar-refractivity contribution is 7.99. The Morgan fingerprint density at radius 3 is 2.78 bits per heavy atom. The second-order valence-electron chi connectivity index (χ2n) is 4.72. The topological polar surface area (TPSA) is 54.7 Å². The van der Waals surface area contributed by atoms with E-state index in [-0.39, 0.29) is 0 Å². The maximum Gasteiger partial charge on any atom is 0.145 e. The molecule has 3 rings (SSSR count). The first-order valence-corrected chi connectivity index (χ1v) is 7.47. The van der Waals surface area contributed by atoms with Crippen molar-refractivity contribution in [2.24, 2.45) is 0 Å². The van der Waals surface area contributed by atoms with Crippen molar-refractivity contribution in [3.8, 4) is 11.3 Å². The second-order valence-corrected chi connectivity index (χ2v) is 5.94. The lowest BCUT2D eigenvalue weighted by Crippen LogP contribution is -2.07. The van der Waals surface area contributed by atoms with Crippen LogP contribution in [0.1, 0.15) is 24.3 Å². The summed E-state index contributed by atoms with van der Waals surface area (Å²) in [6.45, 7) is 0. The number of aromatic nitrogens is 2. The molecule has 3 nitrogen and oxygen atoms in total. The van der Waals surface area contributed by atoms with Crippen LogP contribution in [-0.4, -0.2) is 21.7 Å². The molecule has 2 aromatic rings. The molecule has 1 saturated heterocycles. The van der Waals surface area contributed by atoms with E-state index in [0.29, 0.717) is 11.7 Å². The Morgan fingerprint density at radius 2 is 2.06 bits per heavy atom. The average molecular weight is 259 g/mol. The monoisotopic (exact) mass is 259 g/mol. The lowest BCUT2D eigenvalue weighted by atomic mass is 9.92. The molecule has 0 atom stereocenters. The van der Waals surface area contributed by atoms with Crippen LogP contribution in [0.25, 0.3) is 11.3 Å². The zero-order chi connectivity index (χ0) is 12.4. The Morgan fingerprint density at radius 1 is 1.22 bits per heavy atom. The van der Waals surface area contributed by atoms with Crippen molar-refractivity contribution in [2.75, 3.05) is 17.2 Å². The molecule has 1 aromatic heterocycles. The van der Waals surface area contributed by atoms with Crippen LogP contribution in [0.15, 0.2) is 30.3 Å². The predicted molar refractivity (Wildman–Crippen MR) is 77.7 cm³/mol. The molecule has 0 saturated carbocycles. The van der Waals surface area contributed by atoms with Gasteiger partial charge in [0.1, 0.15) is 5.82 Å². The Kier molecular flexibility index (Phi) is 3.28. The number of nitrogens with two attached hydrogens (primary N) is 1. The molecule has 0 unspecified atom stereocenters. The number of rotatable bonds is 2. The van der Waals surface area contributed by atoms with Gasteiger partial charge in [0.15, 0.2) is 0 Å². The fraction of sp³-hybridized carbons (Fsp3) is 0.357. The Balaban J connectivity index is 1.88. The minimum atomic E-state index is 0.546. The van der Waals surface area contributed by atoms with Crippen molar-refractivity contribution >= 4 is 17.6 Å². The molecule has 1 aromatic carbocycles. The molecule has 3 N–H and O–H groups in total. The van der Waals surface area contributed by atoms with Crippen LogP contribution in [0, 0.1) is 0 Å². The molecular formula is C14H17N3S. The van der Waals surface area contributed by atoms with Gasteiger partial charge in [0.25, 0.3) is 0 Å². The van der Waals surface area contributed by atoms with Crippen LogP contribution in [0.2, 0.25) is 0 Å². The summed E-state index contributed by atoms with van der Waals surface area (Å²) in [5, 5.41) is 6.96. The molecule has 0 radical (unpaired) electrons. The summed E-state index contributed by atoms with van der Waals surface area (Å²) in [5.41, 5.74) is 9.27. The number of hydrogen-bond donors (Lipinski definition) is 2. The van der Waals surface area contributed by atoms with Crippen molar-refractivity contribution in [1.82, 2.24) is 10.2 Å². The average Bonchev–Trinajstić information content (AvgIpc) is 2.87. The third kappa shape index (κ3) is 2.38. The van der Waals surface area contributed by atoms with Gasteiger partial charge in [0.2, 0.25) is 0 Å². The van der Waals surface area contributed by atoms with Crippen molar-refractivity contribution in [1.29, 1.82) is 0 Å². The maximum atomic E-state index is 5.65. The van der Waals surface area contributed by atoms with E-state index in [4.69, 9.17) is 5.73 Å². The third-order valence-corrected chi connectivity index (χ3v) is 4.54. The fourth-order valence-electron chi connectivity index (χ4n) is 2.48. The molecule has 94 valence electrons. The summed E-state index contributed by atoms with van der Waals surface area (Å²) in [5.74, 6) is 3.83. The van der Waals surface area contributed by atoms with Gasteiger partial charge >= 0.3 is 0 Å². The van der Waals surface area contributed by atoms with E-state index in [9.17, 15) is 0 Å². The van der Waals surface area contributed by atoms with Gasteiger partial charge in [-0.1, -0.05) is 18.2 Å². The highest BCUT2D eigenvalue weighted by atomic mass is 32.2. The Bertz CT molecular complexity index is 529. The van der Waals surface area contributed by atoms with Crippen LogP contribution < -0.4 is 5.73 Å². The van der Waals surface area contributed by atoms with Crippen molar-refractivity contribution < 1.29 is 0 Å². The van der Waals surface area contributed by atoms with E-state index in [1.807, 2.05) is 6.07 Å². The van der Waals surface area contributed by atoms with E-state index in [0.717, 1.165) is 5.69 Å². The Hall–Kier alpha value is -1.42. The van der Waals surface area contributed by atoms with E-state index >= 15 is 0 Å². The zero-order valence-electron chi connectivity index (χ0n) is 10.2. The molecule has 2 heterocycles. The number of H-pyrrole nitrogens is 1. The molecule has 1 aliphatic heterocycles. The molecule has 1 aliphatic rings. The minimum absolute atomic E-state index is 0.546. The van der Waals surface area contributed by atoms with Crippen LogP contribution in [0.5, 0.6) is 0 Å². The molecule has 0 bridgehead atoms. The molecule has 0 spiro atoms. The Labute approximate surface area is 111 Å². The number of nitrogens with one attached hydrogen (secondary N) is 1. The predicted octanol–water partition coefficient (Wildman–Crippen LogP) is 3.27. The fourth-order valence-corrected chi connectivity index (χ4v) is 3.58. The number of thioether (sulfide) groups is 1. The summed E-state index contributed by atoms with van der Waals surface area (Å²) in [4.78, 5) is 0. The lowest BCUT2D eigenvalue weighted by molar-refractivity contribution is 0.637. The normalized spacial score (nSPS) is 16.9. The zero-order valence-corrected chi connectivity index (χ0v) is 11.0. The van der Waals surface area contributed by atoms with Crippen LogP contribution >= 0.6 is 11.8 Å². The molecule has 1 fully saturated rings. The summed E-state index contributed by atoms with van der Waals surface area (Å²) in [6.07, 6.45) is 2.58. The smallest absolute Gasteiger partial charge is 0.145 e. The standard InChI is InChI=1S/C14H17N3S/c15-14-9-13(16-17-14)12-3-1-2-11(8-12)10-4-6-18-7-5-10/h1-3,8-10H,4-7H2,(H3,15,16,17). The number of benzene rings is 1. The molecule has 4 heteroatoms. The van der Waals surface area contributed by atoms with Crippen LogP contribution in [0.4, 0.5) is 5.82 Å². The van der Waals surface area contributed by atoms with Gasteiger partial charge in [-0.3, -0.25) is 5.10 Å². The summed E-state index contributed by atoms with van der Waals surface area (Å²) in [6, 6.07) is 10.6. The lowest BCUT2D eigenvalue weighted by Gasteiger charge is -2.22. The maximum absolute atomic E-state index is 5.65. The van der Waals surface area contributed by atoms with Gasteiger partial charge in [-0.15, -0.1) is 0 Å². The first kappa shape index (κ1) is 11.7. The SMILES string of the molecule is Nc1cc(-c2cccc(C3CCSCC3)c2)[nH]n1. The van der Waals surface area contributed by atoms with Gasteiger partial charge in [-0.2, -0.15) is 16.9 Å². The number of anilines is 1. The third-order valence-electron chi connectivity index (χ3n) is 3.49. The van der Waals surface area contributed by atoms with Crippen molar-refractivity contribution in [2.45, 2.75) is 18.8 Å². The highest BCUT2D eigenvalue weighted by Crippen LogP contribution is 2.33. The number of aromatic amines is 1. The van der Waals surface area contributed by atoms with Crippen LogP contribution in [-0.2, 0) is 0 Å².